The molecule has 1 saturated heterocycles. The van der Waals surface area contributed by atoms with Gasteiger partial charge in [-0.1, -0.05) is 19.3 Å². The van der Waals surface area contributed by atoms with Gasteiger partial charge in [-0.3, -0.25) is 0 Å². The fourth-order valence-electron chi connectivity index (χ4n) is 3.06. The first-order valence-electron chi connectivity index (χ1n) is 7.21. The van der Waals surface area contributed by atoms with Crippen LogP contribution in [-0.2, 0) is 9.84 Å². The van der Waals surface area contributed by atoms with Gasteiger partial charge in [0.2, 0.25) is 0 Å². The molecule has 0 aromatic carbocycles. The topological polar surface area (TPSA) is 49.4 Å². The van der Waals surface area contributed by atoms with Gasteiger partial charge in [0.1, 0.15) is 0 Å². The second kappa shape index (κ2) is 6.35. The summed E-state index contributed by atoms with van der Waals surface area (Å²) in [6.45, 7) is 1.94. The smallest absolute Gasteiger partial charge is 0.151 e. The Balaban J connectivity index is 1.64. The van der Waals surface area contributed by atoms with Crippen molar-refractivity contribution in [3.05, 3.63) is 0 Å². The van der Waals surface area contributed by atoms with Gasteiger partial charge in [0.15, 0.2) is 9.84 Å². The van der Waals surface area contributed by atoms with Gasteiger partial charge < -0.3 is 10.2 Å². The summed E-state index contributed by atoms with van der Waals surface area (Å²) in [6, 6.07) is 0.933. The third-order valence-electron chi connectivity index (χ3n) is 4.33. The predicted molar refractivity (Wildman–Crippen MR) is 74.6 cm³/mol. The summed E-state index contributed by atoms with van der Waals surface area (Å²) in [5, 5.41) is 3.61. The van der Waals surface area contributed by atoms with E-state index in [2.05, 4.69) is 10.2 Å². The molecule has 1 unspecified atom stereocenters. The van der Waals surface area contributed by atoms with E-state index in [1.54, 1.807) is 0 Å². The molecule has 2 fully saturated rings. The van der Waals surface area contributed by atoms with Gasteiger partial charge in [0, 0.05) is 25.2 Å². The molecule has 0 radical (unpaired) electrons. The van der Waals surface area contributed by atoms with Gasteiger partial charge in [-0.15, -0.1) is 0 Å². The van der Waals surface area contributed by atoms with Gasteiger partial charge in [0.05, 0.1) is 11.5 Å². The van der Waals surface area contributed by atoms with Gasteiger partial charge in [-0.25, -0.2) is 8.42 Å². The van der Waals surface area contributed by atoms with Crippen LogP contribution < -0.4 is 5.32 Å². The lowest BCUT2D eigenvalue weighted by Crippen LogP contribution is -2.41. The number of sulfone groups is 1. The van der Waals surface area contributed by atoms with Crippen molar-refractivity contribution in [3.8, 4) is 0 Å². The van der Waals surface area contributed by atoms with Crippen molar-refractivity contribution in [2.45, 2.75) is 50.6 Å². The molecule has 4 nitrogen and oxygen atoms in total. The molecule has 0 spiro atoms. The minimum Gasteiger partial charge on any atom is -0.313 e. The molecule has 1 aliphatic carbocycles. The van der Waals surface area contributed by atoms with Crippen LogP contribution in [0, 0.1) is 0 Å². The first kappa shape index (κ1) is 14.3. The molecule has 2 aliphatic rings. The third-order valence-corrected chi connectivity index (χ3v) is 6.08. The molecule has 106 valence electrons. The van der Waals surface area contributed by atoms with Gasteiger partial charge in [-0.05, 0) is 26.3 Å². The number of likely N-dealkylation sites (N-methyl/N-ethyl adjacent to an activating group) is 1. The van der Waals surface area contributed by atoms with Crippen LogP contribution in [0.4, 0.5) is 0 Å². The monoisotopic (exact) mass is 274 g/mol. The number of rotatable bonds is 5. The van der Waals surface area contributed by atoms with Crippen LogP contribution >= 0.6 is 0 Å². The second-order valence-corrected chi connectivity index (χ2v) is 8.06. The summed E-state index contributed by atoms with van der Waals surface area (Å²) in [5.41, 5.74) is 0. The highest BCUT2D eigenvalue weighted by Gasteiger charge is 2.30. The number of nitrogens with zero attached hydrogens (tertiary/aromatic N) is 1. The van der Waals surface area contributed by atoms with Crippen LogP contribution in [0.25, 0.3) is 0 Å². The average Bonchev–Trinajstić information content (AvgIpc) is 2.71. The van der Waals surface area contributed by atoms with Gasteiger partial charge >= 0.3 is 0 Å². The van der Waals surface area contributed by atoms with E-state index in [4.69, 9.17) is 0 Å². The maximum absolute atomic E-state index is 11.4. The van der Waals surface area contributed by atoms with Crippen LogP contribution in [0.5, 0.6) is 0 Å². The van der Waals surface area contributed by atoms with Crippen molar-refractivity contribution in [1.82, 2.24) is 10.2 Å². The van der Waals surface area contributed by atoms with E-state index >= 15 is 0 Å². The summed E-state index contributed by atoms with van der Waals surface area (Å²) in [6.07, 6.45) is 7.52. The average molecular weight is 274 g/mol. The normalized spacial score (nSPS) is 28.9. The molecule has 1 heterocycles. The molecule has 0 bridgehead atoms. The van der Waals surface area contributed by atoms with Crippen LogP contribution in [0.15, 0.2) is 0 Å². The Morgan fingerprint density at radius 1 is 1.17 bits per heavy atom. The zero-order valence-electron chi connectivity index (χ0n) is 11.4. The maximum atomic E-state index is 11.4. The highest BCUT2D eigenvalue weighted by atomic mass is 32.2. The van der Waals surface area contributed by atoms with E-state index in [0.29, 0.717) is 17.5 Å². The number of hydrogen-bond donors (Lipinski definition) is 1. The molecule has 1 atom stereocenters. The fourth-order valence-corrected chi connectivity index (χ4v) is 4.86. The Labute approximate surface area is 111 Å². The van der Waals surface area contributed by atoms with Crippen molar-refractivity contribution in [3.63, 3.8) is 0 Å². The SMILES string of the molecule is CN(CCNC1CCCCC1)C1CCS(=O)(=O)C1. The Morgan fingerprint density at radius 3 is 2.50 bits per heavy atom. The molecule has 0 aromatic heterocycles. The third kappa shape index (κ3) is 4.21. The summed E-state index contributed by atoms with van der Waals surface area (Å²) < 4.78 is 22.8. The largest absolute Gasteiger partial charge is 0.313 e. The fraction of sp³-hybridized carbons (Fsp3) is 1.00. The first-order chi connectivity index (χ1) is 8.57. The van der Waals surface area contributed by atoms with Crippen molar-refractivity contribution in [2.75, 3.05) is 31.6 Å². The molecule has 2 rings (SSSR count). The Hall–Kier alpha value is -0.130. The molecular weight excluding hydrogens is 248 g/mol. The van der Waals surface area contributed by atoms with E-state index in [9.17, 15) is 8.42 Å². The van der Waals surface area contributed by atoms with Crippen molar-refractivity contribution >= 4 is 9.84 Å². The predicted octanol–water partition coefficient (Wildman–Crippen LogP) is 1.03. The zero-order chi connectivity index (χ0) is 13.0. The van der Waals surface area contributed by atoms with Crippen LogP contribution in [0.1, 0.15) is 38.5 Å². The lowest BCUT2D eigenvalue weighted by molar-refractivity contribution is 0.252. The minimum absolute atomic E-state index is 0.239. The minimum atomic E-state index is -2.75. The second-order valence-electron chi connectivity index (χ2n) is 5.83. The molecule has 1 N–H and O–H groups in total. The highest BCUT2D eigenvalue weighted by Crippen LogP contribution is 2.18. The lowest BCUT2D eigenvalue weighted by atomic mass is 9.95. The molecule has 0 aromatic rings. The lowest BCUT2D eigenvalue weighted by Gasteiger charge is -2.26. The molecular formula is C13H26N2O2S. The van der Waals surface area contributed by atoms with E-state index in [0.717, 1.165) is 19.5 Å². The number of hydrogen-bond acceptors (Lipinski definition) is 4. The Morgan fingerprint density at radius 2 is 1.89 bits per heavy atom. The quantitative estimate of drug-likeness (QED) is 0.813. The van der Waals surface area contributed by atoms with E-state index in [-0.39, 0.29) is 6.04 Å². The summed E-state index contributed by atoms with van der Waals surface area (Å²) in [7, 11) is -0.698. The maximum Gasteiger partial charge on any atom is 0.151 e. The summed E-state index contributed by atoms with van der Waals surface area (Å²) in [5.74, 6) is 0.727. The Kier molecular flexibility index (Phi) is 5.04. The molecule has 1 saturated carbocycles. The standard InChI is InChI=1S/C13H26N2O2S/c1-15(13-7-10-18(16,17)11-13)9-8-14-12-5-3-2-4-6-12/h12-14H,2-11H2,1H3. The van der Waals surface area contributed by atoms with Crippen LogP contribution in [0.3, 0.4) is 0 Å². The van der Waals surface area contributed by atoms with Crippen LogP contribution in [-0.4, -0.2) is 57.0 Å². The van der Waals surface area contributed by atoms with Gasteiger partial charge in [0.25, 0.3) is 0 Å². The van der Waals surface area contributed by atoms with Crippen molar-refractivity contribution in [2.24, 2.45) is 0 Å². The van der Waals surface area contributed by atoms with Crippen LogP contribution in [0.2, 0.25) is 0 Å². The summed E-state index contributed by atoms with van der Waals surface area (Å²) >= 11 is 0. The van der Waals surface area contributed by atoms with E-state index < -0.39 is 9.84 Å². The molecule has 1 aliphatic heterocycles. The first-order valence-corrected chi connectivity index (χ1v) is 9.03. The molecule has 18 heavy (non-hydrogen) atoms. The molecule has 0 amide bonds. The van der Waals surface area contributed by atoms with E-state index in [1.165, 1.54) is 32.1 Å². The van der Waals surface area contributed by atoms with Crippen molar-refractivity contribution < 1.29 is 8.42 Å². The summed E-state index contributed by atoms with van der Waals surface area (Å²) in [4.78, 5) is 2.21. The van der Waals surface area contributed by atoms with E-state index in [1.807, 2.05) is 7.05 Å². The number of nitrogens with one attached hydrogen (secondary N) is 1. The molecule has 5 heteroatoms. The highest BCUT2D eigenvalue weighted by molar-refractivity contribution is 7.91. The van der Waals surface area contributed by atoms with Crippen molar-refractivity contribution in [1.29, 1.82) is 0 Å². The Bertz CT molecular complexity index is 350. The zero-order valence-corrected chi connectivity index (χ0v) is 12.2. The van der Waals surface area contributed by atoms with Gasteiger partial charge in [-0.2, -0.15) is 0 Å².